The fourth-order valence-electron chi connectivity index (χ4n) is 3.00. The Morgan fingerprint density at radius 3 is 2.63 bits per heavy atom. The first-order chi connectivity index (χ1) is 14.3. The summed E-state index contributed by atoms with van der Waals surface area (Å²) in [5.74, 6) is 0.446. The molecule has 1 aromatic carbocycles. The average Bonchev–Trinajstić information content (AvgIpc) is 2.77. The number of piperazine rings is 1. The molecule has 12 heteroatoms. The standard InChI is InChI=1S/C18H21N5O6S/c1-29-17-11-14(5-6-19-17)13-20-18(24)21-7-9-22(10-8-21)30(27,28)16-4-2-3-15(12-16)23(25)26/h2-6,11-12H,7-10,13H2,1H3,(H,20,24). The first-order valence-corrected chi connectivity index (χ1v) is 10.5. The lowest BCUT2D eigenvalue weighted by Gasteiger charge is -2.34. The Morgan fingerprint density at radius 2 is 1.97 bits per heavy atom. The van der Waals surface area contributed by atoms with Crippen molar-refractivity contribution in [2.24, 2.45) is 0 Å². The number of hydrogen-bond acceptors (Lipinski definition) is 7. The van der Waals surface area contributed by atoms with Gasteiger partial charge in [0.1, 0.15) is 0 Å². The van der Waals surface area contributed by atoms with Crippen LogP contribution in [0.1, 0.15) is 5.56 Å². The highest BCUT2D eigenvalue weighted by Crippen LogP contribution is 2.22. The van der Waals surface area contributed by atoms with Crippen LogP contribution in [0.5, 0.6) is 5.88 Å². The molecule has 1 aliphatic rings. The number of nitro groups is 1. The van der Waals surface area contributed by atoms with E-state index in [1.165, 1.54) is 34.5 Å². The summed E-state index contributed by atoms with van der Waals surface area (Å²) in [6.45, 7) is 0.895. The normalized spacial score (nSPS) is 14.9. The van der Waals surface area contributed by atoms with E-state index in [9.17, 15) is 23.3 Å². The number of sulfonamides is 1. The van der Waals surface area contributed by atoms with E-state index < -0.39 is 14.9 Å². The van der Waals surface area contributed by atoms with Crippen molar-refractivity contribution in [3.63, 3.8) is 0 Å². The quantitative estimate of drug-likeness (QED) is 0.532. The molecule has 0 spiro atoms. The van der Waals surface area contributed by atoms with E-state index in [-0.39, 0.29) is 49.3 Å². The maximum atomic E-state index is 12.8. The lowest BCUT2D eigenvalue weighted by atomic mass is 10.2. The highest BCUT2D eigenvalue weighted by Gasteiger charge is 2.30. The van der Waals surface area contributed by atoms with Crippen molar-refractivity contribution in [2.45, 2.75) is 11.4 Å². The molecule has 30 heavy (non-hydrogen) atoms. The van der Waals surface area contributed by atoms with Gasteiger partial charge in [-0.1, -0.05) is 6.07 Å². The molecule has 3 rings (SSSR count). The predicted octanol–water partition coefficient (Wildman–Crippen LogP) is 1.21. The van der Waals surface area contributed by atoms with E-state index in [0.29, 0.717) is 5.88 Å². The Hall–Kier alpha value is -3.25. The number of urea groups is 1. The second-order valence-electron chi connectivity index (χ2n) is 6.51. The van der Waals surface area contributed by atoms with Gasteiger partial charge in [-0.3, -0.25) is 10.1 Å². The Kier molecular flexibility index (Phi) is 6.47. The molecule has 0 unspecified atom stereocenters. The summed E-state index contributed by atoms with van der Waals surface area (Å²) in [7, 11) is -2.37. The van der Waals surface area contributed by atoms with Gasteiger partial charge in [0, 0.05) is 57.1 Å². The Bertz CT molecular complexity index is 1040. The van der Waals surface area contributed by atoms with Crippen LogP contribution < -0.4 is 10.1 Å². The van der Waals surface area contributed by atoms with Crippen molar-refractivity contribution in [1.29, 1.82) is 0 Å². The van der Waals surface area contributed by atoms with Crippen LogP contribution in [0.25, 0.3) is 0 Å². The Labute approximate surface area is 173 Å². The molecule has 0 saturated carbocycles. The fraction of sp³-hybridized carbons (Fsp3) is 0.333. The van der Waals surface area contributed by atoms with Crippen LogP contribution in [0, 0.1) is 10.1 Å². The third kappa shape index (κ3) is 4.83. The number of aromatic nitrogens is 1. The van der Waals surface area contributed by atoms with E-state index >= 15 is 0 Å². The van der Waals surface area contributed by atoms with E-state index in [4.69, 9.17) is 4.74 Å². The maximum Gasteiger partial charge on any atom is 0.317 e. The summed E-state index contributed by atoms with van der Waals surface area (Å²) in [4.78, 5) is 28.1. The van der Waals surface area contributed by atoms with Crippen LogP contribution in [-0.2, 0) is 16.6 Å². The van der Waals surface area contributed by atoms with Gasteiger partial charge < -0.3 is 15.0 Å². The molecule has 2 aromatic rings. The van der Waals surface area contributed by atoms with Gasteiger partial charge in [0.15, 0.2) is 0 Å². The summed E-state index contributed by atoms with van der Waals surface area (Å²) >= 11 is 0. The molecule has 1 fully saturated rings. The number of methoxy groups -OCH3 is 1. The van der Waals surface area contributed by atoms with Gasteiger partial charge in [-0.05, 0) is 17.7 Å². The molecule has 0 aliphatic carbocycles. The van der Waals surface area contributed by atoms with Crippen molar-refractivity contribution in [3.8, 4) is 5.88 Å². The number of benzene rings is 1. The van der Waals surface area contributed by atoms with Crippen LogP contribution in [0.3, 0.4) is 0 Å². The zero-order chi connectivity index (χ0) is 21.7. The topological polar surface area (TPSA) is 135 Å². The highest BCUT2D eigenvalue weighted by molar-refractivity contribution is 7.89. The SMILES string of the molecule is COc1cc(CNC(=O)N2CCN(S(=O)(=O)c3cccc([N+](=O)[O-])c3)CC2)ccn1. The van der Waals surface area contributed by atoms with Gasteiger partial charge in [-0.2, -0.15) is 4.31 Å². The monoisotopic (exact) mass is 435 g/mol. The molecule has 2 amide bonds. The zero-order valence-electron chi connectivity index (χ0n) is 16.2. The molecular weight excluding hydrogens is 414 g/mol. The molecule has 0 radical (unpaired) electrons. The average molecular weight is 435 g/mol. The van der Waals surface area contributed by atoms with Crippen LogP contribution in [-0.4, -0.2) is 66.9 Å². The molecule has 0 atom stereocenters. The van der Waals surface area contributed by atoms with Crippen LogP contribution in [0.4, 0.5) is 10.5 Å². The van der Waals surface area contributed by atoms with Gasteiger partial charge in [-0.15, -0.1) is 0 Å². The number of ether oxygens (including phenoxy) is 1. The molecule has 11 nitrogen and oxygen atoms in total. The number of rotatable bonds is 6. The summed E-state index contributed by atoms with van der Waals surface area (Å²) in [5, 5.41) is 13.7. The lowest BCUT2D eigenvalue weighted by molar-refractivity contribution is -0.385. The largest absolute Gasteiger partial charge is 0.481 e. The zero-order valence-corrected chi connectivity index (χ0v) is 17.0. The Balaban J connectivity index is 1.57. The van der Waals surface area contributed by atoms with Gasteiger partial charge in [0.05, 0.1) is 16.9 Å². The minimum Gasteiger partial charge on any atom is -0.481 e. The van der Waals surface area contributed by atoms with E-state index in [1.807, 2.05) is 0 Å². The van der Waals surface area contributed by atoms with E-state index in [2.05, 4.69) is 10.3 Å². The van der Waals surface area contributed by atoms with Gasteiger partial charge in [-0.25, -0.2) is 18.2 Å². The number of carbonyl (C=O) groups is 1. The molecule has 1 aliphatic heterocycles. The number of non-ortho nitro benzene ring substituents is 1. The molecule has 1 saturated heterocycles. The lowest BCUT2D eigenvalue weighted by Crippen LogP contribution is -2.52. The van der Waals surface area contributed by atoms with Gasteiger partial charge in [0.2, 0.25) is 15.9 Å². The molecular formula is C18H21N5O6S. The third-order valence-corrected chi connectivity index (χ3v) is 6.54. The number of hydrogen-bond donors (Lipinski definition) is 1. The molecule has 1 aromatic heterocycles. The minimum absolute atomic E-state index is 0.0987. The van der Waals surface area contributed by atoms with Crippen molar-refractivity contribution < 1.29 is 22.9 Å². The first kappa shape index (κ1) is 21.5. The number of nitro benzene ring substituents is 1. The van der Waals surface area contributed by atoms with E-state index in [0.717, 1.165) is 11.6 Å². The Morgan fingerprint density at radius 1 is 1.23 bits per heavy atom. The van der Waals surface area contributed by atoms with Gasteiger partial charge in [0.25, 0.3) is 5.69 Å². The molecule has 2 heterocycles. The van der Waals surface area contributed by atoms with Gasteiger partial charge >= 0.3 is 6.03 Å². The summed E-state index contributed by atoms with van der Waals surface area (Å²) < 4.78 is 31.8. The second kappa shape index (κ2) is 9.05. The number of amides is 2. The maximum absolute atomic E-state index is 12.8. The number of nitrogens with one attached hydrogen (secondary N) is 1. The predicted molar refractivity (Wildman–Crippen MR) is 106 cm³/mol. The number of carbonyl (C=O) groups excluding carboxylic acids is 1. The summed E-state index contributed by atoms with van der Waals surface area (Å²) in [6.07, 6.45) is 1.58. The molecule has 160 valence electrons. The minimum atomic E-state index is -3.88. The summed E-state index contributed by atoms with van der Waals surface area (Å²) in [5.41, 5.74) is 0.531. The van der Waals surface area contributed by atoms with Crippen molar-refractivity contribution in [1.82, 2.24) is 19.5 Å². The summed E-state index contributed by atoms with van der Waals surface area (Å²) in [6, 6.07) is 8.10. The first-order valence-electron chi connectivity index (χ1n) is 9.07. The molecule has 0 bridgehead atoms. The van der Waals surface area contributed by atoms with Crippen molar-refractivity contribution in [3.05, 3.63) is 58.3 Å². The number of pyridine rings is 1. The van der Waals surface area contributed by atoms with Crippen LogP contribution in [0.15, 0.2) is 47.5 Å². The highest BCUT2D eigenvalue weighted by atomic mass is 32.2. The number of nitrogens with zero attached hydrogens (tertiary/aromatic N) is 4. The van der Waals surface area contributed by atoms with Crippen molar-refractivity contribution in [2.75, 3.05) is 33.3 Å². The fourth-order valence-corrected chi connectivity index (χ4v) is 4.46. The van der Waals surface area contributed by atoms with Crippen LogP contribution in [0.2, 0.25) is 0 Å². The third-order valence-electron chi connectivity index (χ3n) is 4.64. The second-order valence-corrected chi connectivity index (χ2v) is 8.45. The van der Waals surface area contributed by atoms with Crippen LogP contribution >= 0.6 is 0 Å². The smallest absolute Gasteiger partial charge is 0.317 e. The molecule has 1 N–H and O–H groups in total. The van der Waals surface area contributed by atoms with E-state index in [1.54, 1.807) is 18.3 Å². The van der Waals surface area contributed by atoms with Crippen molar-refractivity contribution >= 4 is 21.7 Å².